The molecule has 0 radical (unpaired) electrons. The van der Waals surface area contributed by atoms with Gasteiger partial charge in [-0.3, -0.25) is 9.80 Å². The van der Waals surface area contributed by atoms with E-state index >= 15 is 0 Å². The summed E-state index contributed by atoms with van der Waals surface area (Å²) in [5, 5.41) is 0. The minimum Gasteiger partial charge on any atom is -0.298 e. The Hall–Kier alpha value is -0.340. The maximum Gasteiger partial charge on any atom is 0.0217 e. The van der Waals surface area contributed by atoms with E-state index in [2.05, 4.69) is 37.6 Å². The van der Waals surface area contributed by atoms with Crippen LogP contribution in [-0.4, -0.2) is 48.6 Å². The van der Waals surface area contributed by atoms with Crippen molar-refractivity contribution in [3.63, 3.8) is 0 Å². The Morgan fingerprint density at radius 3 is 1.77 bits per heavy atom. The SMILES string of the molecule is CN1CC2=C(C1)CN(C(C)(C)C)C2. The molecule has 0 N–H and O–H groups in total. The zero-order valence-corrected chi connectivity index (χ0v) is 9.22. The molecule has 2 rings (SSSR count). The van der Waals surface area contributed by atoms with Crippen molar-refractivity contribution in [2.75, 3.05) is 33.2 Å². The molecule has 0 bridgehead atoms. The Bertz CT molecular complexity index is 229. The third kappa shape index (κ3) is 1.65. The van der Waals surface area contributed by atoms with Crippen molar-refractivity contribution in [1.29, 1.82) is 0 Å². The molecule has 0 aliphatic carbocycles. The highest BCUT2D eigenvalue weighted by Crippen LogP contribution is 2.29. The zero-order chi connectivity index (χ0) is 9.64. The standard InChI is InChI=1S/C11H20N2/c1-11(2,3)13-7-9-5-12(4)6-10(9)8-13/h5-8H2,1-4H3. The number of hydrogen-bond donors (Lipinski definition) is 0. The molecule has 0 fully saturated rings. The Labute approximate surface area is 81.2 Å². The summed E-state index contributed by atoms with van der Waals surface area (Å²) in [6.07, 6.45) is 0. The molecule has 0 aromatic carbocycles. The normalized spacial score (nSPS) is 25.8. The minimum atomic E-state index is 0.336. The molecule has 0 aromatic rings. The minimum absolute atomic E-state index is 0.336. The molecule has 0 spiro atoms. The van der Waals surface area contributed by atoms with Crippen LogP contribution in [0.2, 0.25) is 0 Å². The average Bonchev–Trinajstić information content (AvgIpc) is 2.40. The maximum atomic E-state index is 2.57. The molecular weight excluding hydrogens is 160 g/mol. The number of rotatable bonds is 0. The van der Waals surface area contributed by atoms with Crippen LogP contribution in [0.25, 0.3) is 0 Å². The van der Waals surface area contributed by atoms with Gasteiger partial charge in [-0.25, -0.2) is 0 Å². The van der Waals surface area contributed by atoms with E-state index in [1.54, 1.807) is 11.1 Å². The summed E-state index contributed by atoms with van der Waals surface area (Å²) in [6, 6.07) is 0. The van der Waals surface area contributed by atoms with Gasteiger partial charge in [-0.15, -0.1) is 0 Å². The first-order chi connectivity index (χ1) is 5.97. The molecule has 0 saturated carbocycles. The van der Waals surface area contributed by atoms with Gasteiger partial charge in [0.05, 0.1) is 0 Å². The predicted molar refractivity (Wildman–Crippen MR) is 55.8 cm³/mol. The number of hydrogen-bond acceptors (Lipinski definition) is 2. The monoisotopic (exact) mass is 180 g/mol. The molecule has 0 atom stereocenters. The molecule has 0 unspecified atom stereocenters. The molecule has 2 aliphatic rings. The third-order valence-corrected chi connectivity index (χ3v) is 3.13. The summed E-state index contributed by atoms with van der Waals surface area (Å²) in [6.45, 7) is 11.7. The van der Waals surface area contributed by atoms with Gasteiger partial charge in [0.15, 0.2) is 0 Å². The fraction of sp³-hybridized carbons (Fsp3) is 0.818. The topological polar surface area (TPSA) is 6.48 Å². The summed E-state index contributed by atoms with van der Waals surface area (Å²) in [4.78, 5) is 4.98. The van der Waals surface area contributed by atoms with Crippen LogP contribution < -0.4 is 0 Å². The molecular formula is C11H20N2. The largest absolute Gasteiger partial charge is 0.298 e. The van der Waals surface area contributed by atoms with E-state index in [9.17, 15) is 0 Å². The summed E-state index contributed by atoms with van der Waals surface area (Å²) >= 11 is 0. The number of likely N-dealkylation sites (N-methyl/N-ethyl adjacent to an activating group) is 1. The number of nitrogens with zero attached hydrogens (tertiary/aromatic N) is 2. The van der Waals surface area contributed by atoms with Crippen LogP contribution >= 0.6 is 0 Å². The van der Waals surface area contributed by atoms with Crippen molar-refractivity contribution < 1.29 is 0 Å². The maximum absolute atomic E-state index is 2.57. The smallest absolute Gasteiger partial charge is 0.0217 e. The molecule has 2 nitrogen and oxygen atoms in total. The summed E-state index contributed by atoms with van der Waals surface area (Å²) in [5.74, 6) is 0. The van der Waals surface area contributed by atoms with E-state index in [4.69, 9.17) is 0 Å². The lowest BCUT2D eigenvalue weighted by Gasteiger charge is -2.33. The second-order valence-electron chi connectivity index (χ2n) is 5.41. The summed E-state index contributed by atoms with van der Waals surface area (Å²) in [5.41, 5.74) is 3.69. The fourth-order valence-electron chi connectivity index (χ4n) is 2.25. The van der Waals surface area contributed by atoms with E-state index in [0.717, 1.165) is 0 Å². The van der Waals surface area contributed by atoms with Crippen LogP contribution in [0, 0.1) is 0 Å². The van der Waals surface area contributed by atoms with Gasteiger partial charge in [-0.1, -0.05) is 0 Å². The van der Waals surface area contributed by atoms with Crippen LogP contribution in [-0.2, 0) is 0 Å². The Balaban J connectivity index is 2.02. The van der Waals surface area contributed by atoms with Gasteiger partial charge in [-0.2, -0.15) is 0 Å². The lowest BCUT2D eigenvalue weighted by Crippen LogP contribution is -2.41. The van der Waals surface area contributed by atoms with Crippen molar-refractivity contribution in [3.8, 4) is 0 Å². The molecule has 2 heteroatoms. The second-order valence-corrected chi connectivity index (χ2v) is 5.41. The van der Waals surface area contributed by atoms with E-state index < -0.39 is 0 Å². The second kappa shape index (κ2) is 2.82. The van der Waals surface area contributed by atoms with Crippen LogP contribution in [0.5, 0.6) is 0 Å². The van der Waals surface area contributed by atoms with E-state index in [-0.39, 0.29) is 0 Å². The highest BCUT2D eigenvalue weighted by atomic mass is 15.2. The predicted octanol–water partition coefficient (Wildman–Crippen LogP) is 1.34. The first-order valence-corrected chi connectivity index (χ1v) is 5.10. The van der Waals surface area contributed by atoms with Crippen molar-refractivity contribution in [1.82, 2.24) is 9.80 Å². The van der Waals surface area contributed by atoms with Gasteiger partial charge < -0.3 is 0 Å². The van der Waals surface area contributed by atoms with Gasteiger partial charge >= 0.3 is 0 Å². The summed E-state index contributed by atoms with van der Waals surface area (Å²) < 4.78 is 0. The molecule has 74 valence electrons. The highest BCUT2D eigenvalue weighted by Gasteiger charge is 2.33. The first kappa shape index (κ1) is 9.22. The fourth-order valence-corrected chi connectivity index (χ4v) is 2.25. The van der Waals surface area contributed by atoms with Crippen molar-refractivity contribution >= 4 is 0 Å². The first-order valence-electron chi connectivity index (χ1n) is 5.10. The van der Waals surface area contributed by atoms with Crippen molar-refractivity contribution in [3.05, 3.63) is 11.1 Å². The molecule has 2 aliphatic heterocycles. The van der Waals surface area contributed by atoms with Gasteiger partial charge in [0.25, 0.3) is 0 Å². The molecule has 0 amide bonds. The van der Waals surface area contributed by atoms with Crippen molar-refractivity contribution in [2.24, 2.45) is 0 Å². The van der Waals surface area contributed by atoms with E-state index in [0.29, 0.717) is 5.54 Å². The zero-order valence-electron chi connectivity index (χ0n) is 9.22. The van der Waals surface area contributed by atoms with Crippen molar-refractivity contribution in [2.45, 2.75) is 26.3 Å². The molecule has 13 heavy (non-hydrogen) atoms. The lowest BCUT2D eigenvalue weighted by atomic mass is 10.1. The van der Waals surface area contributed by atoms with Crippen LogP contribution in [0.4, 0.5) is 0 Å². The van der Waals surface area contributed by atoms with E-state index in [1.165, 1.54) is 26.2 Å². The van der Waals surface area contributed by atoms with Gasteiger partial charge in [-0.05, 0) is 39.0 Å². The highest BCUT2D eigenvalue weighted by molar-refractivity contribution is 5.30. The van der Waals surface area contributed by atoms with Gasteiger partial charge in [0, 0.05) is 31.7 Å². The lowest BCUT2D eigenvalue weighted by molar-refractivity contribution is 0.171. The van der Waals surface area contributed by atoms with Crippen LogP contribution in [0.1, 0.15) is 20.8 Å². The Kier molecular flexibility index (Phi) is 2.00. The third-order valence-electron chi connectivity index (χ3n) is 3.13. The quantitative estimate of drug-likeness (QED) is 0.519. The average molecular weight is 180 g/mol. The van der Waals surface area contributed by atoms with Gasteiger partial charge in [0.2, 0.25) is 0 Å². The Morgan fingerprint density at radius 1 is 0.923 bits per heavy atom. The summed E-state index contributed by atoms with van der Waals surface area (Å²) in [7, 11) is 2.21. The van der Waals surface area contributed by atoms with Crippen LogP contribution in [0.15, 0.2) is 11.1 Å². The van der Waals surface area contributed by atoms with Crippen LogP contribution in [0.3, 0.4) is 0 Å². The van der Waals surface area contributed by atoms with E-state index in [1.807, 2.05) is 0 Å². The molecule has 0 saturated heterocycles. The molecule has 0 aromatic heterocycles. The Morgan fingerprint density at radius 2 is 1.38 bits per heavy atom. The molecule has 2 heterocycles. The van der Waals surface area contributed by atoms with Gasteiger partial charge in [0.1, 0.15) is 0 Å².